The predicted octanol–water partition coefficient (Wildman–Crippen LogP) is 2.63. The normalized spacial score (nSPS) is 19.8. The lowest BCUT2D eigenvalue weighted by atomic mass is 10.0. The molecule has 5 heteroatoms. The largest absolute Gasteiger partial charge is 0.492 e. The first-order chi connectivity index (χ1) is 8.79. The molecule has 1 N–H and O–H groups in total. The zero-order chi connectivity index (χ0) is 12.8. The Kier molecular flexibility index (Phi) is 7.34. The number of rotatable bonds is 5. The van der Waals surface area contributed by atoms with E-state index in [0.29, 0.717) is 12.4 Å². The van der Waals surface area contributed by atoms with Crippen LogP contribution in [-0.2, 0) is 0 Å². The summed E-state index contributed by atoms with van der Waals surface area (Å²) in [4.78, 5) is 2.27. The molecule has 3 nitrogen and oxygen atoms in total. The number of likely N-dealkylation sites (tertiary alicyclic amines) is 1. The maximum atomic E-state index is 12.7. The van der Waals surface area contributed by atoms with Crippen LogP contribution in [0.25, 0.3) is 0 Å². The lowest BCUT2D eigenvalue weighted by molar-refractivity contribution is 0.0773. The van der Waals surface area contributed by atoms with Gasteiger partial charge >= 0.3 is 0 Å². The Morgan fingerprint density at radius 1 is 1.26 bits per heavy atom. The van der Waals surface area contributed by atoms with Gasteiger partial charge in [-0.05, 0) is 43.7 Å². The van der Waals surface area contributed by atoms with Crippen LogP contribution in [0.5, 0.6) is 5.75 Å². The van der Waals surface area contributed by atoms with E-state index in [1.54, 1.807) is 12.1 Å². The molecular weight excluding hydrogens is 313 g/mol. The predicted molar refractivity (Wildman–Crippen MR) is 78.5 cm³/mol. The summed E-state index contributed by atoms with van der Waals surface area (Å²) in [5, 5.41) is 9.28. The van der Waals surface area contributed by atoms with E-state index in [-0.39, 0.29) is 35.4 Å². The standard InChI is InChI=1S/C14H20FNO2.BrH/c15-12-4-6-14(7-5-12)18-10-9-16-8-2-1-3-13(16)11-17;/h4-7,13,17H,1-3,8-11H2;1H. The van der Waals surface area contributed by atoms with Crippen molar-refractivity contribution in [2.45, 2.75) is 25.3 Å². The third kappa shape index (κ3) is 5.09. The summed E-state index contributed by atoms with van der Waals surface area (Å²) in [7, 11) is 0. The average Bonchev–Trinajstić information content (AvgIpc) is 2.41. The number of halogens is 2. The molecule has 108 valence electrons. The molecule has 1 aromatic rings. The van der Waals surface area contributed by atoms with Crippen molar-refractivity contribution in [3.05, 3.63) is 30.1 Å². The quantitative estimate of drug-likeness (QED) is 0.899. The van der Waals surface area contributed by atoms with E-state index in [0.717, 1.165) is 19.5 Å². The van der Waals surface area contributed by atoms with Gasteiger partial charge in [0.15, 0.2) is 0 Å². The number of nitrogens with zero attached hydrogens (tertiary/aromatic N) is 1. The lowest BCUT2D eigenvalue weighted by Gasteiger charge is -2.34. The van der Waals surface area contributed by atoms with Crippen molar-refractivity contribution in [3.8, 4) is 5.75 Å². The average molecular weight is 334 g/mol. The zero-order valence-electron chi connectivity index (χ0n) is 10.9. The van der Waals surface area contributed by atoms with Crippen molar-refractivity contribution in [2.75, 3.05) is 26.3 Å². The molecule has 0 saturated carbocycles. The Morgan fingerprint density at radius 3 is 2.68 bits per heavy atom. The van der Waals surface area contributed by atoms with Crippen molar-refractivity contribution in [3.63, 3.8) is 0 Å². The van der Waals surface area contributed by atoms with Crippen LogP contribution >= 0.6 is 17.0 Å². The smallest absolute Gasteiger partial charge is 0.123 e. The third-order valence-corrected chi connectivity index (χ3v) is 3.42. The summed E-state index contributed by atoms with van der Waals surface area (Å²) in [6.45, 7) is 2.62. The minimum absolute atomic E-state index is 0. The number of piperidine rings is 1. The highest BCUT2D eigenvalue weighted by Crippen LogP contribution is 2.16. The van der Waals surface area contributed by atoms with E-state index in [1.807, 2.05) is 0 Å². The van der Waals surface area contributed by atoms with E-state index in [9.17, 15) is 9.50 Å². The van der Waals surface area contributed by atoms with Gasteiger partial charge < -0.3 is 9.84 Å². The van der Waals surface area contributed by atoms with Gasteiger partial charge in [-0.2, -0.15) is 0 Å². The Bertz CT molecular complexity index is 361. The molecule has 19 heavy (non-hydrogen) atoms. The number of ether oxygens (including phenoxy) is 1. The van der Waals surface area contributed by atoms with E-state index in [1.165, 1.54) is 25.0 Å². The molecule has 0 bridgehead atoms. The summed E-state index contributed by atoms with van der Waals surface area (Å²) < 4.78 is 18.3. The van der Waals surface area contributed by atoms with Crippen LogP contribution < -0.4 is 4.74 Å². The molecule has 1 aromatic carbocycles. The maximum absolute atomic E-state index is 12.7. The fourth-order valence-electron chi connectivity index (χ4n) is 2.37. The Hall–Kier alpha value is -0.650. The number of aliphatic hydroxyl groups excluding tert-OH is 1. The van der Waals surface area contributed by atoms with Crippen molar-refractivity contribution in [1.82, 2.24) is 4.90 Å². The summed E-state index contributed by atoms with van der Waals surface area (Å²) >= 11 is 0. The van der Waals surface area contributed by atoms with Crippen LogP contribution in [0, 0.1) is 5.82 Å². The van der Waals surface area contributed by atoms with Gasteiger partial charge in [-0.1, -0.05) is 6.42 Å². The second kappa shape index (κ2) is 8.51. The highest BCUT2D eigenvalue weighted by Gasteiger charge is 2.20. The Labute approximate surface area is 124 Å². The molecule has 2 rings (SSSR count). The summed E-state index contributed by atoms with van der Waals surface area (Å²) in [6.07, 6.45) is 3.45. The van der Waals surface area contributed by atoms with Gasteiger partial charge in [0, 0.05) is 12.6 Å². The maximum Gasteiger partial charge on any atom is 0.123 e. The van der Waals surface area contributed by atoms with Crippen molar-refractivity contribution >= 4 is 17.0 Å². The van der Waals surface area contributed by atoms with Gasteiger partial charge in [-0.25, -0.2) is 4.39 Å². The van der Waals surface area contributed by atoms with Crippen molar-refractivity contribution < 1.29 is 14.2 Å². The van der Waals surface area contributed by atoms with Crippen molar-refractivity contribution in [2.24, 2.45) is 0 Å². The number of benzene rings is 1. The fourth-order valence-corrected chi connectivity index (χ4v) is 2.37. The second-order valence-electron chi connectivity index (χ2n) is 4.67. The number of hydrogen-bond donors (Lipinski definition) is 1. The van der Waals surface area contributed by atoms with E-state index >= 15 is 0 Å². The van der Waals surface area contributed by atoms with Crippen LogP contribution in [0.3, 0.4) is 0 Å². The minimum atomic E-state index is -0.251. The van der Waals surface area contributed by atoms with Crippen LogP contribution in [0.4, 0.5) is 4.39 Å². The summed E-state index contributed by atoms with van der Waals surface area (Å²) in [5.74, 6) is 0.438. The molecule has 0 amide bonds. The molecule has 1 saturated heterocycles. The molecule has 0 aliphatic carbocycles. The Morgan fingerprint density at radius 2 is 2.00 bits per heavy atom. The van der Waals surface area contributed by atoms with E-state index in [2.05, 4.69) is 4.90 Å². The Balaban J connectivity index is 0.00000180. The highest BCUT2D eigenvalue weighted by molar-refractivity contribution is 8.93. The summed E-state index contributed by atoms with van der Waals surface area (Å²) in [6, 6.07) is 6.33. The van der Waals surface area contributed by atoms with Gasteiger partial charge in [0.1, 0.15) is 18.2 Å². The van der Waals surface area contributed by atoms with Crippen LogP contribution in [0.1, 0.15) is 19.3 Å². The van der Waals surface area contributed by atoms with Gasteiger partial charge in [-0.15, -0.1) is 17.0 Å². The molecule has 0 aromatic heterocycles. The van der Waals surface area contributed by atoms with Crippen LogP contribution in [-0.4, -0.2) is 42.4 Å². The van der Waals surface area contributed by atoms with Gasteiger partial charge in [0.25, 0.3) is 0 Å². The minimum Gasteiger partial charge on any atom is -0.492 e. The molecule has 1 heterocycles. The third-order valence-electron chi connectivity index (χ3n) is 3.42. The summed E-state index contributed by atoms with van der Waals surface area (Å²) in [5.41, 5.74) is 0. The molecule has 1 fully saturated rings. The van der Waals surface area contributed by atoms with Crippen LogP contribution in [0.15, 0.2) is 24.3 Å². The number of aliphatic hydroxyl groups is 1. The molecule has 1 atom stereocenters. The van der Waals surface area contributed by atoms with Crippen molar-refractivity contribution in [1.29, 1.82) is 0 Å². The van der Waals surface area contributed by atoms with Gasteiger partial charge in [0.2, 0.25) is 0 Å². The highest BCUT2D eigenvalue weighted by atomic mass is 79.9. The molecule has 0 spiro atoms. The fraction of sp³-hybridized carbons (Fsp3) is 0.571. The van der Waals surface area contributed by atoms with Gasteiger partial charge in [-0.3, -0.25) is 4.90 Å². The second-order valence-corrected chi connectivity index (χ2v) is 4.67. The molecular formula is C14H21BrFNO2. The van der Waals surface area contributed by atoms with Gasteiger partial charge in [0.05, 0.1) is 6.61 Å². The van der Waals surface area contributed by atoms with E-state index < -0.39 is 0 Å². The molecule has 1 aliphatic rings. The first-order valence-electron chi connectivity index (χ1n) is 6.53. The van der Waals surface area contributed by atoms with E-state index in [4.69, 9.17) is 4.74 Å². The monoisotopic (exact) mass is 333 g/mol. The first-order valence-corrected chi connectivity index (χ1v) is 6.53. The molecule has 0 radical (unpaired) electrons. The number of hydrogen-bond acceptors (Lipinski definition) is 3. The first kappa shape index (κ1) is 16.4. The lowest BCUT2D eigenvalue weighted by Crippen LogP contribution is -2.43. The topological polar surface area (TPSA) is 32.7 Å². The molecule has 1 aliphatic heterocycles. The zero-order valence-corrected chi connectivity index (χ0v) is 12.6. The molecule has 1 unspecified atom stereocenters. The van der Waals surface area contributed by atoms with Crippen LogP contribution in [0.2, 0.25) is 0 Å². The SMILES string of the molecule is Br.OCC1CCCCN1CCOc1ccc(F)cc1.